The molecule has 0 heterocycles. The highest BCUT2D eigenvalue weighted by atomic mass is 16.6. The Morgan fingerprint density at radius 1 is 1.00 bits per heavy atom. The summed E-state index contributed by atoms with van der Waals surface area (Å²) in [6.07, 6.45) is 7.47. The minimum absolute atomic E-state index is 0.156. The molecule has 1 amide bonds. The molecule has 0 spiro atoms. The van der Waals surface area contributed by atoms with Crippen molar-refractivity contribution in [2.45, 2.75) is 112 Å². The largest absolute Gasteiger partial charge is 0.444 e. The minimum atomic E-state index is -0.527. The number of carbonyl (C=O) groups excluding carboxylic acids is 1. The standard InChI is InChI=1S/C23H45N3O2/c1-10-15-19(23(9,14-5)26(17-12-3)18-13-4)24-20(16-11-2)25-21(27)28-22(6,7)8/h15H,10-14,16-18H2,1-9H3,(H,24,25,27)/b19-15+. The molecule has 0 aliphatic rings. The lowest BCUT2D eigenvalue weighted by Crippen LogP contribution is -2.48. The molecule has 5 heteroatoms. The van der Waals surface area contributed by atoms with E-state index in [2.05, 4.69) is 57.8 Å². The number of aliphatic imine (C=N–C) groups is 1. The molecular weight excluding hydrogens is 350 g/mol. The SMILES string of the molecule is CC/C=C(/N=C(\CCC)NC(=O)OC(C)(C)C)C(C)(CC)N(CCC)CCC. The molecule has 0 saturated carbocycles. The van der Waals surface area contributed by atoms with Crippen LogP contribution in [-0.2, 0) is 4.74 Å². The Labute approximate surface area is 174 Å². The minimum Gasteiger partial charge on any atom is -0.444 e. The maximum Gasteiger partial charge on any atom is 0.413 e. The van der Waals surface area contributed by atoms with Crippen molar-refractivity contribution in [3.8, 4) is 0 Å². The zero-order chi connectivity index (χ0) is 21.8. The Morgan fingerprint density at radius 3 is 1.96 bits per heavy atom. The molecule has 0 aromatic carbocycles. The normalized spacial score (nSPS) is 15.5. The van der Waals surface area contributed by atoms with Crippen molar-refractivity contribution in [1.82, 2.24) is 10.2 Å². The number of amides is 1. The average Bonchev–Trinajstić information content (AvgIpc) is 2.59. The highest BCUT2D eigenvalue weighted by molar-refractivity contribution is 5.96. The highest BCUT2D eigenvalue weighted by Gasteiger charge is 2.33. The lowest BCUT2D eigenvalue weighted by molar-refractivity contribution is 0.0562. The van der Waals surface area contributed by atoms with Gasteiger partial charge in [-0.15, -0.1) is 0 Å². The van der Waals surface area contributed by atoms with E-state index in [4.69, 9.17) is 9.73 Å². The monoisotopic (exact) mass is 395 g/mol. The quantitative estimate of drug-likeness (QED) is 0.330. The fourth-order valence-corrected chi connectivity index (χ4v) is 3.24. The number of ether oxygens (including phenoxy) is 1. The van der Waals surface area contributed by atoms with Gasteiger partial charge in [-0.05, 0) is 72.9 Å². The molecule has 164 valence electrons. The first-order valence-corrected chi connectivity index (χ1v) is 11.1. The fourth-order valence-electron chi connectivity index (χ4n) is 3.24. The molecule has 0 saturated heterocycles. The van der Waals surface area contributed by atoms with Crippen molar-refractivity contribution in [1.29, 1.82) is 0 Å². The summed E-state index contributed by atoms with van der Waals surface area (Å²) < 4.78 is 5.43. The number of alkyl carbamates (subject to hydrolysis) is 1. The van der Waals surface area contributed by atoms with Gasteiger partial charge in [0.2, 0.25) is 0 Å². The maximum absolute atomic E-state index is 12.3. The summed E-state index contributed by atoms with van der Waals surface area (Å²) in [7, 11) is 0. The second kappa shape index (κ2) is 13.0. The maximum atomic E-state index is 12.3. The lowest BCUT2D eigenvalue weighted by atomic mass is 9.90. The molecule has 0 aliphatic heterocycles. The number of carbonyl (C=O) groups is 1. The van der Waals surface area contributed by atoms with Crippen LogP contribution in [0.2, 0.25) is 0 Å². The Bertz CT molecular complexity index is 514. The van der Waals surface area contributed by atoms with Gasteiger partial charge in [-0.2, -0.15) is 0 Å². The topological polar surface area (TPSA) is 53.9 Å². The van der Waals surface area contributed by atoms with Gasteiger partial charge in [-0.1, -0.05) is 40.7 Å². The summed E-state index contributed by atoms with van der Waals surface area (Å²) in [5.41, 5.74) is 0.357. The first-order chi connectivity index (χ1) is 13.1. The zero-order valence-electron chi connectivity index (χ0n) is 19.9. The van der Waals surface area contributed by atoms with E-state index >= 15 is 0 Å². The second-order valence-corrected chi connectivity index (χ2v) is 8.55. The van der Waals surface area contributed by atoms with Crippen LogP contribution in [0.3, 0.4) is 0 Å². The Morgan fingerprint density at radius 2 is 1.57 bits per heavy atom. The van der Waals surface area contributed by atoms with Crippen LogP contribution >= 0.6 is 0 Å². The highest BCUT2D eigenvalue weighted by Crippen LogP contribution is 2.30. The van der Waals surface area contributed by atoms with E-state index in [1.807, 2.05) is 20.8 Å². The molecule has 0 aliphatic carbocycles. The summed E-state index contributed by atoms with van der Waals surface area (Å²) in [6.45, 7) is 20.8. The van der Waals surface area contributed by atoms with Crippen LogP contribution in [0.15, 0.2) is 16.8 Å². The Balaban J connectivity index is 5.90. The molecule has 0 radical (unpaired) electrons. The zero-order valence-corrected chi connectivity index (χ0v) is 19.9. The third-order valence-corrected chi connectivity index (χ3v) is 4.71. The molecule has 1 N–H and O–H groups in total. The third-order valence-electron chi connectivity index (χ3n) is 4.71. The average molecular weight is 396 g/mol. The van der Waals surface area contributed by atoms with Crippen molar-refractivity contribution in [3.05, 3.63) is 11.8 Å². The summed E-state index contributed by atoms with van der Waals surface area (Å²) in [5.74, 6) is 0.684. The van der Waals surface area contributed by atoms with Crippen LogP contribution in [-0.4, -0.2) is 41.1 Å². The van der Waals surface area contributed by atoms with E-state index < -0.39 is 11.7 Å². The van der Waals surface area contributed by atoms with E-state index in [0.29, 0.717) is 12.3 Å². The molecule has 1 unspecified atom stereocenters. The fraction of sp³-hybridized carbons (Fsp3) is 0.826. The van der Waals surface area contributed by atoms with Crippen molar-refractivity contribution >= 4 is 11.9 Å². The lowest BCUT2D eigenvalue weighted by Gasteiger charge is -2.41. The van der Waals surface area contributed by atoms with E-state index in [1.165, 1.54) is 0 Å². The van der Waals surface area contributed by atoms with Crippen molar-refractivity contribution in [2.75, 3.05) is 13.1 Å². The van der Waals surface area contributed by atoms with Crippen LogP contribution in [0, 0.1) is 0 Å². The van der Waals surface area contributed by atoms with Gasteiger partial charge >= 0.3 is 6.09 Å². The van der Waals surface area contributed by atoms with Gasteiger partial charge in [0, 0.05) is 6.42 Å². The van der Waals surface area contributed by atoms with Gasteiger partial charge in [0.1, 0.15) is 11.4 Å². The number of nitrogens with zero attached hydrogens (tertiary/aromatic N) is 2. The molecule has 28 heavy (non-hydrogen) atoms. The van der Waals surface area contributed by atoms with Gasteiger partial charge in [0.05, 0.1) is 11.2 Å². The van der Waals surface area contributed by atoms with E-state index in [9.17, 15) is 4.79 Å². The van der Waals surface area contributed by atoms with E-state index in [1.54, 1.807) is 0 Å². The molecule has 0 aromatic heterocycles. The first kappa shape index (κ1) is 26.6. The number of rotatable bonds is 11. The van der Waals surface area contributed by atoms with Crippen LogP contribution in [0.1, 0.15) is 101 Å². The van der Waals surface area contributed by atoms with E-state index in [-0.39, 0.29) is 5.54 Å². The number of amidine groups is 1. The summed E-state index contributed by atoms with van der Waals surface area (Å²) in [4.78, 5) is 19.8. The third kappa shape index (κ3) is 9.22. The van der Waals surface area contributed by atoms with Crippen molar-refractivity contribution in [3.63, 3.8) is 0 Å². The number of nitrogens with one attached hydrogen (secondary N) is 1. The van der Waals surface area contributed by atoms with Crippen molar-refractivity contribution in [2.24, 2.45) is 4.99 Å². The Hall–Kier alpha value is -1.36. The van der Waals surface area contributed by atoms with Crippen molar-refractivity contribution < 1.29 is 9.53 Å². The van der Waals surface area contributed by atoms with E-state index in [0.717, 1.165) is 50.9 Å². The molecule has 0 aromatic rings. The van der Waals surface area contributed by atoms with Gasteiger partial charge in [0.15, 0.2) is 0 Å². The van der Waals surface area contributed by atoms with Gasteiger partial charge in [-0.3, -0.25) is 10.2 Å². The van der Waals surface area contributed by atoms with Crippen LogP contribution < -0.4 is 5.32 Å². The molecule has 0 rings (SSSR count). The first-order valence-electron chi connectivity index (χ1n) is 11.1. The summed E-state index contributed by atoms with van der Waals surface area (Å²) in [5, 5.41) is 2.89. The molecular formula is C23H45N3O2. The summed E-state index contributed by atoms with van der Waals surface area (Å²) >= 11 is 0. The van der Waals surface area contributed by atoms with Gasteiger partial charge in [-0.25, -0.2) is 9.79 Å². The van der Waals surface area contributed by atoms with Crippen LogP contribution in [0.4, 0.5) is 4.79 Å². The summed E-state index contributed by atoms with van der Waals surface area (Å²) in [6, 6.07) is 0. The number of hydrogen-bond acceptors (Lipinski definition) is 4. The Kier molecular flexibility index (Phi) is 12.3. The van der Waals surface area contributed by atoms with Crippen LogP contribution in [0.25, 0.3) is 0 Å². The number of hydrogen-bond donors (Lipinski definition) is 1. The predicted octanol–water partition coefficient (Wildman–Crippen LogP) is 6.29. The number of allylic oxidation sites excluding steroid dienone is 1. The smallest absolute Gasteiger partial charge is 0.413 e. The molecule has 5 nitrogen and oxygen atoms in total. The molecule has 0 bridgehead atoms. The predicted molar refractivity (Wildman–Crippen MR) is 121 cm³/mol. The van der Waals surface area contributed by atoms with Gasteiger partial charge < -0.3 is 4.74 Å². The second-order valence-electron chi connectivity index (χ2n) is 8.55. The van der Waals surface area contributed by atoms with Crippen LogP contribution in [0.5, 0.6) is 0 Å². The van der Waals surface area contributed by atoms with Gasteiger partial charge in [0.25, 0.3) is 0 Å². The molecule has 0 fully saturated rings. The molecule has 1 atom stereocenters.